The van der Waals surface area contributed by atoms with Crippen molar-refractivity contribution in [3.05, 3.63) is 69.4 Å². The molecule has 2 fully saturated rings. The maximum atomic E-state index is 13.8. The molecule has 0 amide bonds. The van der Waals surface area contributed by atoms with Crippen LogP contribution in [0.4, 0.5) is 38.0 Å². The lowest BCUT2D eigenvalue weighted by Gasteiger charge is -2.11. The van der Waals surface area contributed by atoms with E-state index in [4.69, 9.17) is 45.3 Å². The van der Waals surface area contributed by atoms with Crippen molar-refractivity contribution in [2.75, 3.05) is 28.8 Å². The van der Waals surface area contributed by atoms with Gasteiger partial charge in [0.25, 0.3) is 0 Å². The van der Waals surface area contributed by atoms with Crippen LogP contribution in [0.25, 0.3) is 0 Å². The first-order chi connectivity index (χ1) is 20.1. The number of rotatable bonds is 7. The van der Waals surface area contributed by atoms with Gasteiger partial charge in [-0.05, 0) is 97.2 Å². The first-order valence-electron chi connectivity index (χ1n) is 12.7. The Morgan fingerprint density at radius 3 is 1.69 bits per heavy atom. The second kappa shape index (κ2) is 14.4. The van der Waals surface area contributed by atoms with E-state index in [0.29, 0.717) is 46.9 Å². The molecule has 4 aromatic rings. The van der Waals surface area contributed by atoms with E-state index in [1.807, 2.05) is 0 Å². The fourth-order valence-corrected chi connectivity index (χ4v) is 3.78. The molecule has 2 aliphatic carbocycles. The number of aromatic nitrogens is 6. The Morgan fingerprint density at radius 1 is 0.738 bits per heavy atom. The van der Waals surface area contributed by atoms with Gasteiger partial charge in [-0.2, -0.15) is 29.9 Å². The number of anilines is 5. The lowest BCUT2D eigenvalue weighted by molar-refractivity contribution is 0.386. The molecule has 2 heterocycles. The van der Waals surface area contributed by atoms with E-state index in [0.717, 1.165) is 25.7 Å². The number of ether oxygens (including phenoxy) is 1. The second-order valence-electron chi connectivity index (χ2n) is 9.27. The van der Waals surface area contributed by atoms with Crippen LogP contribution in [-0.4, -0.2) is 49.1 Å². The molecule has 0 spiro atoms. The molecule has 0 atom stereocenters. The molecule has 0 radical (unpaired) electrons. The molecule has 5 N–H and O–H groups in total. The van der Waals surface area contributed by atoms with Crippen LogP contribution >= 0.6 is 34.8 Å². The molecule has 0 unspecified atom stereocenters. The lowest BCUT2D eigenvalue weighted by atomic mass is 10.2. The maximum Gasteiger partial charge on any atom is 0.233 e. The SMILES string of the molecule is COc1ccc(Nc2nc(NC3CC3)nc(NC3CC3)n2)cc1F.Cc1ccc(N)cc1F.Clc1nc(Cl)nc(Cl)n1. The average Bonchev–Trinajstić information content (AvgIpc) is 3.85. The number of benzene rings is 2. The summed E-state index contributed by atoms with van der Waals surface area (Å²) >= 11 is 16.0. The third-order valence-electron chi connectivity index (χ3n) is 5.61. The van der Waals surface area contributed by atoms with Gasteiger partial charge in [-0.25, -0.2) is 8.78 Å². The Labute approximate surface area is 255 Å². The van der Waals surface area contributed by atoms with Crippen molar-refractivity contribution in [3.63, 3.8) is 0 Å². The Kier molecular flexibility index (Phi) is 10.7. The fraction of sp³-hybridized carbons (Fsp3) is 0.308. The van der Waals surface area contributed by atoms with Gasteiger partial charge in [-0.15, -0.1) is 0 Å². The Hall–Kier alpha value is -3.81. The van der Waals surface area contributed by atoms with Crippen LogP contribution in [0.15, 0.2) is 36.4 Å². The molecule has 0 bridgehead atoms. The van der Waals surface area contributed by atoms with E-state index in [2.05, 4.69) is 45.9 Å². The van der Waals surface area contributed by atoms with Crippen molar-refractivity contribution in [3.8, 4) is 5.75 Å². The third-order valence-corrected chi connectivity index (χ3v) is 6.12. The lowest BCUT2D eigenvalue weighted by Crippen LogP contribution is -2.13. The molecule has 2 aliphatic rings. The summed E-state index contributed by atoms with van der Waals surface area (Å²) in [5, 5.41) is 9.57. The number of hydrogen-bond acceptors (Lipinski definition) is 11. The maximum absolute atomic E-state index is 13.8. The van der Waals surface area contributed by atoms with Gasteiger partial charge in [0.2, 0.25) is 33.7 Å². The van der Waals surface area contributed by atoms with E-state index in [9.17, 15) is 8.78 Å². The number of halogens is 5. The van der Waals surface area contributed by atoms with Gasteiger partial charge in [0.05, 0.1) is 7.11 Å². The fourth-order valence-electron chi connectivity index (χ4n) is 3.17. The van der Waals surface area contributed by atoms with Crippen molar-refractivity contribution in [1.82, 2.24) is 29.9 Å². The highest BCUT2D eigenvalue weighted by Crippen LogP contribution is 2.28. The molecule has 0 saturated heterocycles. The van der Waals surface area contributed by atoms with E-state index in [1.165, 1.54) is 19.2 Å². The van der Waals surface area contributed by atoms with E-state index < -0.39 is 5.82 Å². The van der Waals surface area contributed by atoms with Crippen LogP contribution in [0.3, 0.4) is 0 Å². The smallest absolute Gasteiger partial charge is 0.233 e. The zero-order valence-corrected chi connectivity index (χ0v) is 24.8. The second-order valence-corrected chi connectivity index (χ2v) is 10.3. The number of nitrogen functional groups attached to an aromatic ring is 1. The van der Waals surface area contributed by atoms with Crippen LogP contribution in [-0.2, 0) is 0 Å². The van der Waals surface area contributed by atoms with Crippen LogP contribution in [0.1, 0.15) is 31.2 Å². The Balaban J connectivity index is 0.000000184. The molecule has 16 heteroatoms. The van der Waals surface area contributed by atoms with Crippen molar-refractivity contribution in [2.45, 2.75) is 44.7 Å². The summed E-state index contributed by atoms with van der Waals surface area (Å²) in [6.45, 7) is 1.70. The molecular formula is C26H27Cl3F2N10O. The highest BCUT2D eigenvalue weighted by Gasteiger charge is 2.25. The molecular weight excluding hydrogens is 613 g/mol. The van der Waals surface area contributed by atoms with Gasteiger partial charge in [-0.3, -0.25) is 0 Å². The van der Waals surface area contributed by atoms with E-state index in [-0.39, 0.29) is 27.4 Å². The molecule has 222 valence electrons. The summed E-state index contributed by atoms with van der Waals surface area (Å²) in [4.78, 5) is 23.5. The van der Waals surface area contributed by atoms with Gasteiger partial charge in [0.1, 0.15) is 5.82 Å². The van der Waals surface area contributed by atoms with Crippen LogP contribution in [0.5, 0.6) is 5.75 Å². The third kappa shape index (κ3) is 10.2. The van der Waals surface area contributed by atoms with Crippen LogP contribution in [0.2, 0.25) is 15.9 Å². The van der Waals surface area contributed by atoms with Crippen molar-refractivity contribution < 1.29 is 13.5 Å². The standard InChI is InChI=1S/C16H19FN6O.C7H8FN.C3Cl3N3/c1-24-13-7-6-11(8-12(13)17)20-16-22-14(18-9-2-3-9)21-15(23-16)19-10-4-5-10;1-5-2-3-6(9)4-7(5)8;4-1-7-2(5)9-3(6)8-1/h6-10H,2-5H2,1H3,(H3,18,19,20,21,22,23);2-4H,9H2,1H3;. The number of nitrogens with one attached hydrogen (secondary N) is 3. The van der Waals surface area contributed by atoms with E-state index in [1.54, 1.807) is 31.2 Å². The molecule has 42 heavy (non-hydrogen) atoms. The number of hydrogen-bond donors (Lipinski definition) is 4. The highest BCUT2D eigenvalue weighted by atomic mass is 35.5. The number of aryl methyl sites for hydroxylation is 1. The molecule has 6 rings (SSSR count). The monoisotopic (exact) mass is 638 g/mol. The Morgan fingerprint density at radius 2 is 1.26 bits per heavy atom. The van der Waals surface area contributed by atoms with Crippen molar-refractivity contribution in [1.29, 1.82) is 0 Å². The van der Waals surface area contributed by atoms with Gasteiger partial charge in [0.15, 0.2) is 11.6 Å². The predicted molar refractivity (Wildman–Crippen MR) is 160 cm³/mol. The molecule has 2 aromatic carbocycles. The summed E-state index contributed by atoms with van der Waals surface area (Å²) in [5.74, 6) is 0.961. The molecule has 0 aliphatic heterocycles. The normalized spacial score (nSPS) is 13.6. The van der Waals surface area contributed by atoms with Gasteiger partial charge in [0, 0.05) is 29.5 Å². The minimum absolute atomic E-state index is 0.000000000000000444. The number of nitrogens with zero attached hydrogens (tertiary/aromatic N) is 6. The molecule has 2 saturated carbocycles. The van der Waals surface area contributed by atoms with Crippen LogP contribution in [0, 0.1) is 18.6 Å². The summed E-state index contributed by atoms with van der Waals surface area (Å²) in [6, 6.07) is 10.2. The van der Waals surface area contributed by atoms with E-state index >= 15 is 0 Å². The van der Waals surface area contributed by atoms with Gasteiger partial charge >= 0.3 is 0 Å². The number of methoxy groups -OCH3 is 1. The van der Waals surface area contributed by atoms with Gasteiger partial charge in [-0.1, -0.05) is 6.07 Å². The number of nitrogens with two attached hydrogens (primary N) is 1. The first kappa shape index (κ1) is 31.1. The largest absolute Gasteiger partial charge is 0.494 e. The summed E-state index contributed by atoms with van der Waals surface area (Å²) in [7, 11) is 1.43. The topological polar surface area (TPSA) is 149 Å². The highest BCUT2D eigenvalue weighted by molar-refractivity contribution is 6.33. The zero-order chi connectivity index (χ0) is 30.2. The van der Waals surface area contributed by atoms with Crippen LogP contribution < -0.4 is 26.4 Å². The van der Waals surface area contributed by atoms with Crippen molar-refractivity contribution in [2.24, 2.45) is 0 Å². The Bertz CT molecular complexity index is 1440. The summed E-state index contributed by atoms with van der Waals surface area (Å²) < 4.78 is 31.3. The summed E-state index contributed by atoms with van der Waals surface area (Å²) in [6.07, 6.45) is 4.51. The minimum atomic E-state index is -0.441. The molecule has 2 aromatic heterocycles. The van der Waals surface area contributed by atoms with Crippen molar-refractivity contribution >= 4 is 64.0 Å². The summed E-state index contributed by atoms with van der Waals surface area (Å²) in [5.41, 5.74) is 6.94. The minimum Gasteiger partial charge on any atom is -0.494 e. The first-order valence-corrected chi connectivity index (χ1v) is 13.8. The van der Waals surface area contributed by atoms with Gasteiger partial charge < -0.3 is 26.4 Å². The quantitative estimate of drug-likeness (QED) is 0.165. The average molecular weight is 640 g/mol. The molecule has 11 nitrogen and oxygen atoms in total. The predicted octanol–water partition coefficient (Wildman–Crippen LogP) is 6.46. The zero-order valence-electron chi connectivity index (χ0n) is 22.5.